The molecular weight excluding hydrogens is 284 g/mol. The fourth-order valence-corrected chi connectivity index (χ4v) is 3.71. The van der Waals surface area contributed by atoms with Gasteiger partial charge in [-0.15, -0.1) is 0 Å². The van der Waals surface area contributed by atoms with Crippen molar-refractivity contribution in [3.63, 3.8) is 0 Å². The molecule has 2 rings (SSSR count). The Morgan fingerprint density at radius 1 is 1.24 bits per heavy atom. The Balaban J connectivity index is 2.31. The Hall–Kier alpha value is -1.20. The van der Waals surface area contributed by atoms with E-state index in [1.165, 1.54) is 0 Å². The van der Waals surface area contributed by atoms with Crippen molar-refractivity contribution in [1.29, 1.82) is 0 Å². The Morgan fingerprint density at radius 2 is 1.86 bits per heavy atom. The fourth-order valence-electron chi connectivity index (χ4n) is 2.87. The molecular formula is C16H24N2O2S. The highest BCUT2D eigenvalue weighted by molar-refractivity contribution is 7.84. The van der Waals surface area contributed by atoms with E-state index in [0.717, 1.165) is 5.56 Å². The molecule has 4 atom stereocenters. The molecule has 1 heterocycles. The van der Waals surface area contributed by atoms with Crippen LogP contribution in [-0.4, -0.2) is 39.1 Å². The summed E-state index contributed by atoms with van der Waals surface area (Å²) in [6, 6.07) is 9.74. The van der Waals surface area contributed by atoms with Crippen LogP contribution in [0, 0.1) is 5.92 Å². The normalized spacial score (nSPS) is 25.4. The topological polar surface area (TPSA) is 49.4 Å². The summed E-state index contributed by atoms with van der Waals surface area (Å²) in [5, 5.41) is 3.44. The minimum Gasteiger partial charge on any atom is -0.318 e. The van der Waals surface area contributed by atoms with E-state index in [4.69, 9.17) is 0 Å². The zero-order chi connectivity index (χ0) is 15.6. The van der Waals surface area contributed by atoms with Crippen molar-refractivity contribution in [2.75, 3.05) is 12.0 Å². The maximum absolute atomic E-state index is 12.7. The van der Waals surface area contributed by atoms with Gasteiger partial charge in [-0.2, -0.15) is 0 Å². The Kier molecular flexibility index (Phi) is 5.17. The molecule has 1 aromatic carbocycles. The number of nitrogens with one attached hydrogen (secondary N) is 1. The lowest BCUT2D eigenvalue weighted by Crippen LogP contribution is -2.41. The summed E-state index contributed by atoms with van der Waals surface area (Å²) in [7, 11) is -0.922. The van der Waals surface area contributed by atoms with Gasteiger partial charge in [0.15, 0.2) is 0 Å². The highest BCUT2D eigenvalue weighted by atomic mass is 32.2. The van der Waals surface area contributed by atoms with Crippen LogP contribution in [0.3, 0.4) is 0 Å². The third-order valence-corrected chi connectivity index (χ3v) is 4.82. The fraction of sp³-hybridized carbons (Fsp3) is 0.562. The van der Waals surface area contributed by atoms with E-state index in [0.29, 0.717) is 5.75 Å². The largest absolute Gasteiger partial charge is 0.318 e. The van der Waals surface area contributed by atoms with Crippen LogP contribution in [0.4, 0.5) is 0 Å². The molecule has 21 heavy (non-hydrogen) atoms. The lowest BCUT2D eigenvalue weighted by Gasteiger charge is -2.30. The zero-order valence-electron chi connectivity index (χ0n) is 13.1. The molecule has 0 radical (unpaired) electrons. The molecule has 116 valence electrons. The standard InChI is InChI=1S/C16H24N2O2S/c1-11(2)14-16(19)18(12(3)10-21(4)20)15(17-14)13-8-6-5-7-9-13/h5-9,11-12,14-15,17H,10H2,1-4H3. The van der Waals surface area contributed by atoms with Crippen LogP contribution in [0.5, 0.6) is 0 Å². The lowest BCUT2D eigenvalue weighted by atomic mass is 10.0. The molecule has 1 aromatic rings. The van der Waals surface area contributed by atoms with E-state index in [9.17, 15) is 9.00 Å². The average molecular weight is 308 g/mol. The van der Waals surface area contributed by atoms with Gasteiger partial charge in [-0.25, -0.2) is 0 Å². The number of hydrogen-bond donors (Lipinski definition) is 1. The molecule has 1 fully saturated rings. The Morgan fingerprint density at radius 3 is 2.38 bits per heavy atom. The molecule has 0 bridgehead atoms. The first-order chi connectivity index (χ1) is 9.91. The quantitative estimate of drug-likeness (QED) is 0.904. The number of benzene rings is 1. The van der Waals surface area contributed by atoms with Crippen LogP contribution >= 0.6 is 0 Å². The predicted octanol–water partition coefficient (Wildman–Crippen LogP) is 1.91. The molecule has 1 aliphatic rings. The monoisotopic (exact) mass is 308 g/mol. The summed E-state index contributed by atoms with van der Waals surface area (Å²) in [4.78, 5) is 14.6. The lowest BCUT2D eigenvalue weighted by molar-refractivity contribution is -0.132. The van der Waals surface area contributed by atoms with Crippen molar-refractivity contribution in [2.24, 2.45) is 5.92 Å². The number of hydrogen-bond acceptors (Lipinski definition) is 3. The van der Waals surface area contributed by atoms with Crippen molar-refractivity contribution in [3.05, 3.63) is 35.9 Å². The summed E-state index contributed by atoms with van der Waals surface area (Å²) < 4.78 is 11.5. The van der Waals surface area contributed by atoms with Crippen LogP contribution in [0.25, 0.3) is 0 Å². The van der Waals surface area contributed by atoms with Gasteiger partial charge in [-0.1, -0.05) is 44.2 Å². The molecule has 1 saturated heterocycles. The number of nitrogens with zero attached hydrogens (tertiary/aromatic N) is 1. The predicted molar refractivity (Wildman–Crippen MR) is 86.2 cm³/mol. The average Bonchev–Trinajstić information content (AvgIpc) is 2.77. The van der Waals surface area contributed by atoms with Gasteiger partial charge in [0.2, 0.25) is 5.91 Å². The highest BCUT2D eigenvalue weighted by Crippen LogP contribution is 2.30. The van der Waals surface area contributed by atoms with Crippen molar-refractivity contribution >= 4 is 16.7 Å². The molecule has 0 spiro atoms. The number of amides is 1. The molecule has 1 N–H and O–H groups in total. The summed E-state index contributed by atoms with van der Waals surface area (Å²) >= 11 is 0. The molecule has 4 unspecified atom stereocenters. The third-order valence-electron chi connectivity index (χ3n) is 3.87. The smallest absolute Gasteiger partial charge is 0.241 e. The SMILES string of the molecule is CC(C)C1NC(c2ccccc2)N(C(C)CS(C)=O)C1=O. The van der Waals surface area contributed by atoms with Crippen molar-refractivity contribution in [1.82, 2.24) is 10.2 Å². The number of carbonyl (C=O) groups is 1. The molecule has 0 saturated carbocycles. The number of rotatable bonds is 5. The third kappa shape index (κ3) is 3.52. The van der Waals surface area contributed by atoms with Crippen molar-refractivity contribution in [2.45, 2.75) is 39.0 Å². The van der Waals surface area contributed by atoms with Gasteiger partial charge in [0.1, 0.15) is 6.17 Å². The van der Waals surface area contributed by atoms with Crippen LogP contribution in [0.15, 0.2) is 30.3 Å². The molecule has 0 aliphatic carbocycles. The van der Waals surface area contributed by atoms with E-state index in [2.05, 4.69) is 5.32 Å². The van der Waals surface area contributed by atoms with E-state index < -0.39 is 10.8 Å². The minimum atomic E-state index is -0.922. The summed E-state index contributed by atoms with van der Waals surface area (Å²) in [6.07, 6.45) is 1.55. The Bertz CT molecular complexity index is 518. The van der Waals surface area contributed by atoms with Gasteiger partial charge < -0.3 is 4.90 Å². The molecule has 5 heteroatoms. The summed E-state index contributed by atoms with van der Waals surface area (Å²) in [6.45, 7) is 6.06. The van der Waals surface area contributed by atoms with E-state index in [1.54, 1.807) is 6.26 Å². The second-order valence-electron chi connectivity index (χ2n) is 6.04. The van der Waals surface area contributed by atoms with Crippen molar-refractivity contribution < 1.29 is 9.00 Å². The van der Waals surface area contributed by atoms with Gasteiger partial charge in [-0.05, 0) is 18.4 Å². The van der Waals surface area contributed by atoms with Crippen LogP contribution in [0.2, 0.25) is 0 Å². The zero-order valence-corrected chi connectivity index (χ0v) is 13.9. The maximum atomic E-state index is 12.7. The second kappa shape index (κ2) is 6.71. The van der Waals surface area contributed by atoms with Gasteiger partial charge in [0.05, 0.1) is 6.04 Å². The van der Waals surface area contributed by atoms with E-state index >= 15 is 0 Å². The minimum absolute atomic E-state index is 0.0511. The molecule has 4 nitrogen and oxygen atoms in total. The molecule has 1 aliphatic heterocycles. The summed E-state index contributed by atoms with van der Waals surface area (Å²) in [5.41, 5.74) is 1.07. The maximum Gasteiger partial charge on any atom is 0.241 e. The number of carbonyl (C=O) groups excluding carboxylic acids is 1. The van der Waals surface area contributed by atoms with Gasteiger partial charge in [0.25, 0.3) is 0 Å². The second-order valence-corrected chi connectivity index (χ2v) is 7.52. The van der Waals surface area contributed by atoms with Crippen molar-refractivity contribution in [3.8, 4) is 0 Å². The summed E-state index contributed by atoms with van der Waals surface area (Å²) in [5.74, 6) is 0.839. The van der Waals surface area contributed by atoms with Crippen LogP contribution in [-0.2, 0) is 15.6 Å². The highest BCUT2D eigenvalue weighted by Gasteiger charge is 2.43. The van der Waals surface area contributed by atoms with Gasteiger partial charge >= 0.3 is 0 Å². The van der Waals surface area contributed by atoms with E-state index in [1.807, 2.05) is 56.0 Å². The first kappa shape index (κ1) is 16.2. The van der Waals surface area contributed by atoms with Gasteiger partial charge in [0, 0.05) is 28.9 Å². The van der Waals surface area contributed by atoms with Crippen LogP contribution < -0.4 is 5.32 Å². The molecule has 1 amide bonds. The van der Waals surface area contributed by atoms with E-state index in [-0.39, 0.29) is 30.1 Å². The van der Waals surface area contributed by atoms with Gasteiger partial charge in [-0.3, -0.25) is 14.3 Å². The first-order valence-corrected chi connectivity index (χ1v) is 9.07. The first-order valence-electron chi connectivity index (χ1n) is 7.35. The van der Waals surface area contributed by atoms with Crippen LogP contribution in [0.1, 0.15) is 32.5 Å². The molecule has 0 aromatic heterocycles. The Labute approximate surface area is 129 Å².